The number of para-hydroxylation sites is 1. The van der Waals surface area contributed by atoms with E-state index in [4.69, 9.17) is 5.10 Å². The van der Waals surface area contributed by atoms with Crippen LogP contribution in [0.5, 0.6) is 0 Å². The lowest BCUT2D eigenvalue weighted by Crippen LogP contribution is -2.39. The first-order chi connectivity index (χ1) is 12.6. The van der Waals surface area contributed by atoms with Gasteiger partial charge in [0.1, 0.15) is 5.52 Å². The summed E-state index contributed by atoms with van der Waals surface area (Å²) in [4.78, 5) is 13.4. The van der Waals surface area contributed by atoms with Crippen LogP contribution in [0.1, 0.15) is 24.2 Å². The Hall–Kier alpha value is -2.96. The second-order valence-electron chi connectivity index (χ2n) is 6.79. The Morgan fingerprint density at radius 3 is 2.69 bits per heavy atom. The smallest absolute Gasteiger partial charge is 0.308 e. The Kier molecular flexibility index (Phi) is 4.06. The fourth-order valence-electron chi connectivity index (χ4n) is 3.72. The summed E-state index contributed by atoms with van der Waals surface area (Å²) in [6.45, 7) is 5.17. The number of carboxylic acids is 1. The number of hydrogen-bond donors (Lipinski definition) is 1. The molecule has 1 fully saturated rings. The van der Waals surface area contributed by atoms with Crippen LogP contribution in [0.25, 0.3) is 16.6 Å². The highest BCUT2D eigenvalue weighted by Crippen LogP contribution is 2.31. The molecule has 7 nitrogen and oxygen atoms in total. The van der Waals surface area contributed by atoms with Crippen molar-refractivity contribution >= 4 is 22.7 Å². The maximum atomic E-state index is 11.4. The highest BCUT2D eigenvalue weighted by atomic mass is 16.4. The quantitative estimate of drug-likeness (QED) is 0.781. The van der Waals surface area contributed by atoms with Gasteiger partial charge in [-0.05, 0) is 38.8 Å². The highest BCUT2D eigenvalue weighted by molar-refractivity contribution is 5.92. The van der Waals surface area contributed by atoms with Crippen LogP contribution in [-0.4, -0.2) is 44.1 Å². The van der Waals surface area contributed by atoms with E-state index in [0.717, 1.165) is 40.9 Å². The van der Waals surface area contributed by atoms with Gasteiger partial charge < -0.3 is 10.0 Å². The van der Waals surface area contributed by atoms with Gasteiger partial charge in [-0.3, -0.25) is 4.79 Å². The average Bonchev–Trinajstić information content (AvgIpc) is 3.01. The van der Waals surface area contributed by atoms with Gasteiger partial charge in [0, 0.05) is 13.1 Å². The predicted octanol–water partition coefficient (Wildman–Crippen LogP) is 2.73. The Bertz CT molecular complexity index is 967. The van der Waals surface area contributed by atoms with Crippen molar-refractivity contribution in [2.45, 2.75) is 26.7 Å². The van der Waals surface area contributed by atoms with Gasteiger partial charge in [-0.25, -0.2) is 4.68 Å². The van der Waals surface area contributed by atoms with Crippen LogP contribution in [0.4, 0.5) is 5.82 Å². The molecule has 3 aromatic rings. The molecule has 134 valence electrons. The zero-order valence-corrected chi connectivity index (χ0v) is 14.9. The van der Waals surface area contributed by atoms with E-state index in [1.807, 2.05) is 53.8 Å². The number of rotatable bonds is 3. The first-order valence-corrected chi connectivity index (χ1v) is 8.82. The summed E-state index contributed by atoms with van der Waals surface area (Å²) in [6, 6.07) is 9.95. The number of aryl methyl sites for hydroxylation is 2. The summed E-state index contributed by atoms with van der Waals surface area (Å²) < 4.78 is 1.91. The third kappa shape index (κ3) is 2.69. The fourth-order valence-corrected chi connectivity index (χ4v) is 3.72. The number of carboxylic acid groups (broad SMARTS) is 1. The van der Waals surface area contributed by atoms with Crippen molar-refractivity contribution in [3.8, 4) is 5.69 Å². The summed E-state index contributed by atoms with van der Waals surface area (Å²) >= 11 is 0. The minimum Gasteiger partial charge on any atom is -0.481 e. The second-order valence-corrected chi connectivity index (χ2v) is 6.79. The molecule has 1 saturated heterocycles. The Labute approximate surface area is 151 Å². The standard InChI is InChI=1S/C19H21N5O2/c1-12-16-13(2)24(15-8-4-3-5-9-15)22-17(16)18(21-20-12)23-10-6-7-14(11-23)19(25)26/h3-5,8-9,14H,6-7,10-11H2,1-2H3,(H,25,26)/t14-/m1/s1. The summed E-state index contributed by atoms with van der Waals surface area (Å²) in [7, 11) is 0. The van der Waals surface area contributed by atoms with Crippen LogP contribution < -0.4 is 4.90 Å². The fraction of sp³-hybridized carbons (Fsp3) is 0.368. The lowest BCUT2D eigenvalue weighted by atomic mass is 9.98. The van der Waals surface area contributed by atoms with Crippen LogP contribution in [0.15, 0.2) is 30.3 Å². The molecule has 0 aliphatic carbocycles. The number of nitrogens with zero attached hydrogens (tertiary/aromatic N) is 5. The summed E-state index contributed by atoms with van der Waals surface area (Å²) in [5.74, 6) is -0.453. The molecular weight excluding hydrogens is 330 g/mol. The van der Waals surface area contributed by atoms with Gasteiger partial charge in [0.2, 0.25) is 0 Å². The number of fused-ring (bicyclic) bond motifs is 1. The molecule has 0 unspecified atom stereocenters. The summed E-state index contributed by atoms with van der Waals surface area (Å²) in [5, 5.41) is 23.9. The van der Waals surface area contributed by atoms with Crippen molar-refractivity contribution in [3.63, 3.8) is 0 Å². The van der Waals surface area contributed by atoms with Crippen molar-refractivity contribution in [2.24, 2.45) is 5.92 Å². The number of piperidine rings is 1. The molecule has 7 heteroatoms. The van der Waals surface area contributed by atoms with E-state index >= 15 is 0 Å². The van der Waals surface area contributed by atoms with E-state index in [1.165, 1.54) is 0 Å². The highest BCUT2D eigenvalue weighted by Gasteiger charge is 2.29. The second kappa shape index (κ2) is 6.40. The molecule has 0 amide bonds. The molecule has 4 rings (SSSR count). The van der Waals surface area contributed by atoms with E-state index in [2.05, 4.69) is 10.2 Å². The first kappa shape index (κ1) is 16.5. The van der Waals surface area contributed by atoms with Gasteiger partial charge in [-0.1, -0.05) is 18.2 Å². The van der Waals surface area contributed by atoms with Crippen molar-refractivity contribution in [3.05, 3.63) is 41.7 Å². The van der Waals surface area contributed by atoms with Crippen LogP contribution >= 0.6 is 0 Å². The number of aromatic nitrogens is 4. The largest absolute Gasteiger partial charge is 0.481 e. The van der Waals surface area contributed by atoms with E-state index in [-0.39, 0.29) is 5.92 Å². The third-order valence-corrected chi connectivity index (χ3v) is 5.06. The monoisotopic (exact) mass is 351 g/mol. The van der Waals surface area contributed by atoms with Crippen molar-refractivity contribution in [2.75, 3.05) is 18.0 Å². The topological polar surface area (TPSA) is 84.1 Å². The molecule has 1 aliphatic heterocycles. The number of aliphatic carboxylic acids is 1. The molecule has 0 spiro atoms. The Morgan fingerprint density at radius 1 is 1.19 bits per heavy atom. The van der Waals surface area contributed by atoms with Crippen molar-refractivity contribution in [1.82, 2.24) is 20.0 Å². The maximum Gasteiger partial charge on any atom is 0.308 e. The number of carbonyl (C=O) groups is 1. The average molecular weight is 351 g/mol. The molecule has 0 saturated carbocycles. The minimum atomic E-state index is -0.753. The lowest BCUT2D eigenvalue weighted by molar-refractivity contribution is -0.141. The number of anilines is 1. The van der Waals surface area contributed by atoms with Crippen molar-refractivity contribution in [1.29, 1.82) is 0 Å². The van der Waals surface area contributed by atoms with Crippen LogP contribution in [0.2, 0.25) is 0 Å². The van der Waals surface area contributed by atoms with E-state index in [9.17, 15) is 9.90 Å². The lowest BCUT2D eigenvalue weighted by Gasteiger charge is -2.31. The third-order valence-electron chi connectivity index (χ3n) is 5.06. The molecule has 3 heterocycles. The molecule has 1 aromatic carbocycles. The number of benzene rings is 1. The van der Waals surface area contributed by atoms with Gasteiger partial charge in [-0.15, -0.1) is 5.10 Å². The molecule has 1 atom stereocenters. The van der Waals surface area contributed by atoms with Crippen LogP contribution in [-0.2, 0) is 4.79 Å². The van der Waals surface area contributed by atoms with Gasteiger partial charge in [0.25, 0.3) is 0 Å². The van der Waals surface area contributed by atoms with Gasteiger partial charge in [-0.2, -0.15) is 10.2 Å². The van der Waals surface area contributed by atoms with Crippen molar-refractivity contribution < 1.29 is 9.90 Å². The molecule has 1 aliphatic rings. The molecule has 2 aromatic heterocycles. The zero-order chi connectivity index (χ0) is 18.3. The Morgan fingerprint density at radius 2 is 1.96 bits per heavy atom. The van der Waals surface area contributed by atoms with E-state index in [1.54, 1.807) is 0 Å². The molecule has 0 radical (unpaired) electrons. The van der Waals surface area contributed by atoms with Gasteiger partial charge in [0.15, 0.2) is 5.82 Å². The molecular formula is C19H21N5O2. The first-order valence-electron chi connectivity index (χ1n) is 8.82. The minimum absolute atomic E-state index is 0.376. The zero-order valence-electron chi connectivity index (χ0n) is 14.9. The maximum absolute atomic E-state index is 11.4. The Balaban J connectivity index is 1.84. The van der Waals surface area contributed by atoms with Gasteiger partial charge >= 0.3 is 5.97 Å². The summed E-state index contributed by atoms with van der Waals surface area (Å²) in [6.07, 6.45) is 1.53. The van der Waals surface area contributed by atoms with E-state index in [0.29, 0.717) is 18.8 Å². The normalized spacial score (nSPS) is 17.6. The molecule has 0 bridgehead atoms. The van der Waals surface area contributed by atoms with E-state index < -0.39 is 5.97 Å². The van der Waals surface area contributed by atoms with Crippen LogP contribution in [0, 0.1) is 19.8 Å². The summed E-state index contributed by atoms with van der Waals surface area (Å²) in [5.41, 5.74) is 3.60. The van der Waals surface area contributed by atoms with Crippen LogP contribution in [0.3, 0.4) is 0 Å². The SMILES string of the molecule is Cc1nnc(N2CCC[C@@H](C(=O)O)C2)c2nn(-c3ccccc3)c(C)c12. The predicted molar refractivity (Wildman–Crippen MR) is 98.7 cm³/mol. The number of hydrogen-bond acceptors (Lipinski definition) is 5. The van der Waals surface area contributed by atoms with Gasteiger partial charge in [0.05, 0.1) is 28.4 Å². The molecule has 26 heavy (non-hydrogen) atoms. The molecule has 1 N–H and O–H groups in total.